The Morgan fingerprint density at radius 3 is 2.42 bits per heavy atom. The van der Waals surface area contributed by atoms with E-state index in [1.807, 2.05) is 25.7 Å². The summed E-state index contributed by atoms with van der Waals surface area (Å²) in [5.41, 5.74) is -0.487. The van der Waals surface area contributed by atoms with E-state index in [1.165, 1.54) is 0 Å². The highest BCUT2D eigenvalue weighted by atomic mass is 16.6. The predicted molar refractivity (Wildman–Crippen MR) is 69.0 cm³/mol. The van der Waals surface area contributed by atoms with Crippen LogP contribution in [0.2, 0.25) is 0 Å². The summed E-state index contributed by atoms with van der Waals surface area (Å²) in [6, 6.07) is -0.220. The molecule has 0 radical (unpaired) electrons. The van der Waals surface area contributed by atoms with E-state index < -0.39 is 11.6 Å². The van der Waals surface area contributed by atoms with Gasteiger partial charge in [0.25, 0.3) is 0 Å². The van der Waals surface area contributed by atoms with Crippen molar-refractivity contribution in [2.75, 3.05) is 19.6 Å². The van der Waals surface area contributed by atoms with Crippen LogP contribution in [0.3, 0.4) is 0 Å². The summed E-state index contributed by atoms with van der Waals surface area (Å²) in [5.74, 6) is -0.756. The number of hydrogen-bond acceptors (Lipinski definition) is 4. The maximum Gasteiger partial charge on any atom is 0.410 e. The molecule has 0 bridgehead atoms. The van der Waals surface area contributed by atoms with Crippen LogP contribution in [0.1, 0.15) is 33.6 Å². The minimum absolute atomic E-state index is 0.163. The number of carbonyl (C=O) groups is 2. The van der Waals surface area contributed by atoms with Crippen molar-refractivity contribution in [2.45, 2.75) is 51.3 Å². The van der Waals surface area contributed by atoms with Gasteiger partial charge in [0.2, 0.25) is 0 Å². The van der Waals surface area contributed by atoms with Gasteiger partial charge in [0.15, 0.2) is 0 Å². The van der Waals surface area contributed by atoms with Crippen molar-refractivity contribution in [1.29, 1.82) is 0 Å². The van der Waals surface area contributed by atoms with Crippen LogP contribution in [-0.4, -0.2) is 64.3 Å². The molecule has 0 spiro atoms. The maximum atomic E-state index is 11.8. The van der Waals surface area contributed by atoms with Crippen LogP contribution in [0.25, 0.3) is 0 Å². The van der Waals surface area contributed by atoms with Crippen LogP contribution in [0.15, 0.2) is 0 Å². The number of rotatable bonds is 2. The molecule has 0 aromatic carbocycles. The van der Waals surface area contributed by atoms with Gasteiger partial charge in [0.1, 0.15) is 11.6 Å². The SMILES string of the molecule is CC(C)(C)OC(=O)N1CC(N2CCC[C@@H]2C(=O)O)C1. The van der Waals surface area contributed by atoms with Crippen molar-refractivity contribution in [3.05, 3.63) is 0 Å². The van der Waals surface area contributed by atoms with Crippen LogP contribution in [0, 0.1) is 0 Å². The fourth-order valence-electron chi connectivity index (χ4n) is 2.63. The highest BCUT2D eigenvalue weighted by Gasteiger charge is 2.43. The van der Waals surface area contributed by atoms with E-state index in [0.717, 1.165) is 13.0 Å². The topological polar surface area (TPSA) is 70.1 Å². The Morgan fingerprint density at radius 2 is 1.89 bits per heavy atom. The monoisotopic (exact) mass is 270 g/mol. The van der Waals surface area contributed by atoms with Crippen LogP contribution in [0.5, 0.6) is 0 Å². The standard InChI is InChI=1S/C13H22N2O4/c1-13(2,3)19-12(18)14-7-9(8-14)15-6-4-5-10(15)11(16)17/h9-10H,4-8H2,1-3H3,(H,16,17)/t10-/m1/s1. The number of carboxylic acids is 1. The molecule has 6 nitrogen and oxygen atoms in total. The second kappa shape index (κ2) is 5.00. The van der Waals surface area contributed by atoms with E-state index in [2.05, 4.69) is 0 Å². The minimum atomic E-state index is -0.756. The lowest BCUT2D eigenvalue weighted by Crippen LogP contribution is -2.63. The average Bonchev–Trinajstić information content (AvgIpc) is 2.60. The van der Waals surface area contributed by atoms with E-state index in [-0.39, 0.29) is 18.2 Å². The van der Waals surface area contributed by atoms with E-state index in [0.29, 0.717) is 19.5 Å². The molecule has 2 aliphatic heterocycles. The first kappa shape index (κ1) is 14.1. The van der Waals surface area contributed by atoms with E-state index in [9.17, 15) is 9.59 Å². The fraction of sp³-hybridized carbons (Fsp3) is 0.846. The normalized spacial score (nSPS) is 25.2. The van der Waals surface area contributed by atoms with Crippen molar-refractivity contribution in [1.82, 2.24) is 9.80 Å². The number of carboxylic acid groups (broad SMARTS) is 1. The second-order valence-corrected chi connectivity index (χ2v) is 6.27. The fourth-order valence-corrected chi connectivity index (χ4v) is 2.63. The summed E-state index contributed by atoms with van der Waals surface area (Å²) in [4.78, 5) is 26.5. The predicted octanol–water partition coefficient (Wildman–Crippen LogP) is 1.15. The van der Waals surface area contributed by atoms with Crippen molar-refractivity contribution >= 4 is 12.1 Å². The van der Waals surface area contributed by atoms with Crippen molar-refractivity contribution in [3.63, 3.8) is 0 Å². The Kier molecular flexibility index (Phi) is 3.71. The number of likely N-dealkylation sites (tertiary alicyclic amines) is 2. The first-order chi connectivity index (χ1) is 8.78. The molecule has 2 rings (SSSR count). The molecule has 0 aromatic heterocycles. The Bertz CT molecular complexity index is 371. The molecule has 0 unspecified atom stereocenters. The molecule has 2 saturated heterocycles. The number of ether oxygens (including phenoxy) is 1. The van der Waals surface area contributed by atoms with Gasteiger partial charge in [-0.3, -0.25) is 9.69 Å². The molecule has 19 heavy (non-hydrogen) atoms. The summed E-state index contributed by atoms with van der Waals surface area (Å²) in [6.07, 6.45) is 1.31. The van der Waals surface area contributed by atoms with Gasteiger partial charge in [-0.1, -0.05) is 0 Å². The third kappa shape index (κ3) is 3.18. The molecular weight excluding hydrogens is 248 g/mol. The molecule has 0 saturated carbocycles. The minimum Gasteiger partial charge on any atom is -0.480 e. The number of hydrogen-bond donors (Lipinski definition) is 1. The van der Waals surface area contributed by atoms with E-state index in [1.54, 1.807) is 4.90 Å². The summed E-state index contributed by atoms with van der Waals surface area (Å²) in [5, 5.41) is 9.13. The second-order valence-electron chi connectivity index (χ2n) is 6.27. The van der Waals surface area contributed by atoms with Crippen molar-refractivity contribution in [3.8, 4) is 0 Å². The van der Waals surface area contributed by atoms with Crippen LogP contribution in [-0.2, 0) is 9.53 Å². The first-order valence-corrected chi connectivity index (χ1v) is 6.74. The smallest absolute Gasteiger partial charge is 0.410 e. The van der Waals surface area contributed by atoms with Gasteiger partial charge >= 0.3 is 12.1 Å². The molecule has 108 valence electrons. The molecule has 2 fully saturated rings. The molecule has 6 heteroatoms. The Labute approximate surface area is 113 Å². The van der Waals surface area contributed by atoms with E-state index >= 15 is 0 Å². The average molecular weight is 270 g/mol. The molecule has 1 atom stereocenters. The molecular formula is C13H22N2O4. The summed E-state index contributed by atoms with van der Waals surface area (Å²) < 4.78 is 5.28. The highest BCUT2D eigenvalue weighted by molar-refractivity contribution is 5.74. The molecule has 1 amide bonds. The zero-order valence-electron chi connectivity index (χ0n) is 11.8. The van der Waals surface area contributed by atoms with Gasteiger partial charge < -0.3 is 14.7 Å². The third-order valence-electron chi connectivity index (χ3n) is 3.56. The zero-order chi connectivity index (χ0) is 14.2. The molecule has 1 N–H and O–H groups in total. The molecule has 0 aliphatic carbocycles. The number of carbonyl (C=O) groups excluding carboxylic acids is 1. The lowest BCUT2D eigenvalue weighted by molar-refractivity contribution is -0.144. The lowest BCUT2D eigenvalue weighted by Gasteiger charge is -2.45. The Hall–Kier alpha value is -1.30. The van der Waals surface area contributed by atoms with Crippen LogP contribution >= 0.6 is 0 Å². The quantitative estimate of drug-likeness (QED) is 0.815. The zero-order valence-corrected chi connectivity index (χ0v) is 11.8. The molecule has 0 aromatic rings. The molecule has 2 aliphatic rings. The van der Waals surface area contributed by atoms with E-state index in [4.69, 9.17) is 9.84 Å². The lowest BCUT2D eigenvalue weighted by atomic mass is 10.1. The van der Waals surface area contributed by atoms with Gasteiger partial charge in [0, 0.05) is 19.1 Å². The summed E-state index contributed by atoms with van der Waals surface area (Å²) in [6.45, 7) is 7.45. The van der Waals surface area contributed by atoms with Crippen LogP contribution < -0.4 is 0 Å². The number of nitrogens with zero attached hydrogens (tertiary/aromatic N) is 2. The van der Waals surface area contributed by atoms with Gasteiger partial charge in [-0.15, -0.1) is 0 Å². The number of aliphatic carboxylic acids is 1. The highest BCUT2D eigenvalue weighted by Crippen LogP contribution is 2.26. The summed E-state index contributed by atoms with van der Waals surface area (Å²) >= 11 is 0. The Morgan fingerprint density at radius 1 is 1.26 bits per heavy atom. The summed E-state index contributed by atoms with van der Waals surface area (Å²) in [7, 11) is 0. The van der Waals surface area contributed by atoms with Gasteiger partial charge in [-0.25, -0.2) is 4.79 Å². The molecule has 2 heterocycles. The van der Waals surface area contributed by atoms with Gasteiger partial charge in [0.05, 0.1) is 0 Å². The van der Waals surface area contributed by atoms with Crippen molar-refractivity contribution in [2.24, 2.45) is 0 Å². The maximum absolute atomic E-state index is 11.8. The first-order valence-electron chi connectivity index (χ1n) is 6.74. The Balaban J connectivity index is 1.83. The van der Waals surface area contributed by atoms with Crippen molar-refractivity contribution < 1.29 is 19.4 Å². The van der Waals surface area contributed by atoms with Gasteiger partial charge in [-0.2, -0.15) is 0 Å². The number of amides is 1. The third-order valence-corrected chi connectivity index (χ3v) is 3.56. The van der Waals surface area contributed by atoms with Gasteiger partial charge in [-0.05, 0) is 40.2 Å². The van der Waals surface area contributed by atoms with Crippen LogP contribution in [0.4, 0.5) is 4.79 Å². The largest absolute Gasteiger partial charge is 0.480 e.